The monoisotopic (exact) mass is 349 g/mol. The third-order valence-corrected chi connectivity index (χ3v) is 5.71. The molecule has 0 atom stereocenters. The van der Waals surface area contributed by atoms with E-state index in [2.05, 4.69) is 77.3 Å². The molecule has 128 valence electrons. The fourth-order valence-electron chi connectivity index (χ4n) is 3.39. The van der Waals surface area contributed by atoms with E-state index in [4.69, 9.17) is 4.99 Å². The van der Waals surface area contributed by atoms with E-state index in [0.717, 1.165) is 25.3 Å². The average molecular weight is 350 g/mol. The van der Waals surface area contributed by atoms with Crippen molar-refractivity contribution in [2.75, 3.05) is 25.9 Å². The minimum absolute atomic E-state index is 0.884. The minimum Gasteiger partial charge on any atom is -0.363 e. The lowest BCUT2D eigenvalue weighted by molar-refractivity contribution is 0.548. The molecule has 3 aromatic rings. The molecule has 0 radical (unpaired) electrons. The van der Waals surface area contributed by atoms with Crippen LogP contribution in [0.4, 0.5) is 0 Å². The van der Waals surface area contributed by atoms with Gasteiger partial charge in [0.25, 0.3) is 0 Å². The van der Waals surface area contributed by atoms with Gasteiger partial charge in [-0.25, -0.2) is 0 Å². The summed E-state index contributed by atoms with van der Waals surface area (Å²) in [5, 5.41) is 1.32. The molecule has 2 heterocycles. The van der Waals surface area contributed by atoms with Gasteiger partial charge in [0.2, 0.25) is 0 Å². The summed E-state index contributed by atoms with van der Waals surface area (Å²) < 4.78 is 2.29. The van der Waals surface area contributed by atoms with E-state index < -0.39 is 0 Å². The molecule has 0 aliphatic carbocycles. The predicted molar refractivity (Wildman–Crippen MR) is 108 cm³/mol. The Labute approximate surface area is 153 Å². The number of amidine groups is 1. The zero-order chi connectivity index (χ0) is 17.1. The topological polar surface area (TPSA) is 20.5 Å². The molecule has 1 fully saturated rings. The first-order valence-electron chi connectivity index (χ1n) is 8.86. The van der Waals surface area contributed by atoms with Crippen LogP contribution in [0.15, 0.2) is 70.7 Å². The fourth-order valence-corrected chi connectivity index (χ4v) is 4.30. The Morgan fingerprint density at radius 1 is 1.04 bits per heavy atom. The SMILES string of the molecule is CN1CCCC1=NCCSc1cn(-c2ccccc2)c2ccccc12. The molecule has 0 amide bonds. The number of benzene rings is 2. The summed E-state index contributed by atoms with van der Waals surface area (Å²) in [5.74, 6) is 2.28. The Morgan fingerprint density at radius 3 is 2.64 bits per heavy atom. The first-order chi connectivity index (χ1) is 12.3. The number of para-hydroxylation sites is 2. The van der Waals surface area contributed by atoms with Crippen LogP contribution in [0.5, 0.6) is 0 Å². The molecule has 3 nitrogen and oxygen atoms in total. The van der Waals surface area contributed by atoms with Crippen molar-refractivity contribution in [3.63, 3.8) is 0 Å². The second-order valence-electron chi connectivity index (χ2n) is 6.39. The van der Waals surface area contributed by atoms with Crippen LogP contribution in [-0.4, -0.2) is 41.2 Å². The summed E-state index contributed by atoms with van der Waals surface area (Å²) in [6.07, 6.45) is 4.64. The summed E-state index contributed by atoms with van der Waals surface area (Å²) in [5.41, 5.74) is 2.47. The highest BCUT2D eigenvalue weighted by molar-refractivity contribution is 7.99. The van der Waals surface area contributed by atoms with Crippen molar-refractivity contribution in [1.29, 1.82) is 0 Å². The van der Waals surface area contributed by atoms with Crippen molar-refractivity contribution in [3.05, 3.63) is 60.8 Å². The summed E-state index contributed by atoms with van der Waals surface area (Å²) >= 11 is 1.90. The van der Waals surface area contributed by atoms with E-state index >= 15 is 0 Å². The van der Waals surface area contributed by atoms with Crippen LogP contribution in [0.2, 0.25) is 0 Å². The molecule has 4 rings (SSSR count). The third kappa shape index (κ3) is 3.45. The summed E-state index contributed by atoms with van der Waals surface area (Å²) in [6.45, 7) is 2.03. The van der Waals surface area contributed by atoms with Gasteiger partial charge in [-0.1, -0.05) is 36.4 Å². The Kier molecular flexibility index (Phi) is 4.79. The normalized spacial score (nSPS) is 16.2. The average Bonchev–Trinajstić information content (AvgIpc) is 3.23. The van der Waals surface area contributed by atoms with Crippen molar-refractivity contribution in [1.82, 2.24) is 9.47 Å². The third-order valence-electron chi connectivity index (χ3n) is 4.69. The Morgan fingerprint density at radius 2 is 1.84 bits per heavy atom. The van der Waals surface area contributed by atoms with Crippen LogP contribution in [0.1, 0.15) is 12.8 Å². The van der Waals surface area contributed by atoms with E-state index in [0.29, 0.717) is 0 Å². The second kappa shape index (κ2) is 7.36. The zero-order valence-electron chi connectivity index (χ0n) is 14.6. The molecule has 0 unspecified atom stereocenters. The van der Waals surface area contributed by atoms with Crippen molar-refractivity contribution in [2.45, 2.75) is 17.7 Å². The second-order valence-corrected chi connectivity index (χ2v) is 7.52. The van der Waals surface area contributed by atoms with Crippen molar-refractivity contribution in [2.24, 2.45) is 4.99 Å². The molecule has 1 aromatic heterocycles. The van der Waals surface area contributed by atoms with Gasteiger partial charge in [0.15, 0.2) is 0 Å². The lowest BCUT2D eigenvalue weighted by atomic mass is 10.2. The van der Waals surface area contributed by atoms with Gasteiger partial charge in [-0.15, -0.1) is 11.8 Å². The van der Waals surface area contributed by atoms with Crippen LogP contribution in [0.25, 0.3) is 16.6 Å². The predicted octanol–water partition coefficient (Wildman–Crippen LogP) is 4.85. The largest absolute Gasteiger partial charge is 0.363 e. The maximum Gasteiger partial charge on any atom is 0.0987 e. The first kappa shape index (κ1) is 16.3. The standard InChI is InChI=1S/C21H23N3S/c1-23-14-7-12-21(23)22-13-15-25-20-16-24(17-8-3-2-4-9-17)19-11-6-5-10-18(19)20/h2-6,8-11,16H,7,12-15H2,1H3. The molecule has 0 bridgehead atoms. The molecule has 0 N–H and O–H groups in total. The van der Waals surface area contributed by atoms with Gasteiger partial charge in [0.05, 0.1) is 17.9 Å². The van der Waals surface area contributed by atoms with Crippen LogP contribution < -0.4 is 0 Å². The number of fused-ring (bicyclic) bond motifs is 1. The number of hydrogen-bond acceptors (Lipinski definition) is 2. The van der Waals surface area contributed by atoms with E-state index in [-0.39, 0.29) is 0 Å². The molecular formula is C21H23N3S. The van der Waals surface area contributed by atoms with Gasteiger partial charge in [-0.3, -0.25) is 4.99 Å². The molecule has 1 aliphatic rings. The first-order valence-corrected chi connectivity index (χ1v) is 9.84. The molecule has 25 heavy (non-hydrogen) atoms. The van der Waals surface area contributed by atoms with Gasteiger partial charge in [-0.2, -0.15) is 0 Å². The number of aliphatic imine (C=N–C) groups is 1. The maximum absolute atomic E-state index is 4.78. The van der Waals surface area contributed by atoms with Crippen LogP contribution in [-0.2, 0) is 0 Å². The smallest absolute Gasteiger partial charge is 0.0987 e. The molecule has 1 aliphatic heterocycles. The quantitative estimate of drug-likeness (QED) is 0.485. The fraction of sp³-hybridized carbons (Fsp3) is 0.286. The van der Waals surface area contributed by atoms with E-state index in [1.54, 1.807) is 0 Å². The Hall–Kier alpha value is -2.20. The lowest BCUT2D eigenvalue weighted by Gasteiger charge is -2.10. The number of hydrogen-bond donors (Lipinski definition) is 0. The Bertz CT molecular complexity index is 883. The maximum atomic E-state index is 4.78. The highest BCUT2D eigenvalue weighted by Gasteiger charge is 2.13. The van der Waals surface area contributed by atoms with Crippen LogP contribution >= 0.6 is 11.8 Å². The molecule has 2 aromatic carbocycles. The molecule has 4 heteroatoms. The number of nitrogens with zero attached hydrogens (tertiary/aromatic N) is 3. The van der Waals surface area contributed by atoms with Gasteiger partial charge in [-0.05, 0) is 24.6 Å². The highest BCUT2D eigenvalue weighted by Crippen LogP contribution is 2.31. The minimum atomic E-state index is 0.884. The molecular weight excluding hydrogens is 326 g/mol. The summed E-state index contributed by atoms with van der Waals surface area (Å²) in [6, 6.07) is 19.2. The van der Waals surface area contributed by atoms with Crippen molar-refractivity contribution < 1.29 is 0 Å². The van der Waals surface area contributed by atoms with E-state index in [1.807, 2.05) is 11.8 Å². The van der Waals surface area contributed by atoms with Crippen LogP contribution in [0.3, 0.4) is 0 Å². The zero-order valence-corrected chi connectivity index (χ0v) is 15.4. The van der Waals surface area contributed by atoms with Crippen molar-refractivity contribution >= 4 is 28.5 Å². The van der Waals surface area contributed by atoms with Gasteiger partial charge in [0, 0.05) is 47.9 Å². The van der Waals surface area contributed by atoms with Gasteiger partial charge < -0.3 is 9.47 Å². The number of thioether (sulfide) groups is 1. The molecule has 1 saturated heterocycles. The summed E-state index contributed by atoms with van der Waals surface area (Å²) in [4.78, 5) is 8.40. The molecule has 0 spiro atoms. The van der Waals surface area contributed by atoms with Crippen LogP contribution in [0, 0.1) is 0 Å². The van der Waals surface area contributed by atoms with E-state index in [9.17, 15) is 0 Å². The molecule has 0 saturated carbocycles. The highest BCUT2D eigenvalue weighted by atomic mass is 32.2. The van der Waals surface area contributed by atoms with Gasteiger partial charge >= 0.3 is 0 Å². The van der Waals surface area contributed by atoms with Gasteiger partial charge in [0.1, 0.15) is 0 Å². The number of likely N-dealkylation sites (tertiary alicyclic amines) is 1. The van der Waals surface area contributed by atoms with E-state index in [1.165, 1.54) is 33.7 Å². The number of rotatable bonds is 5. The number of aromatic nitrogens is 1. The summed E-state index contributed by atoms with van der Waals surface area (Å²) in [7, 11) is 2.15. The Balaban J connectivity index is 1.54. The lowest BCUT2D eigenvalue weighted by Crippen LogP contribution is -2.19. The van der Waals surface area contributed by atoms with Crippen molar-refractivity contribution in [3.8, 4) is 5.69 Å².